The van der Waals surface area contributed by atoms with Crippen molar-refractivity contribution >= 4 is 39.9 Å². The Morgan fingerprint density at radius 3 is 2.42 bits per heavy atom. The third-order valence-electron chi connectivity index (χ3n) is 2.95. The molecule has 0 unspecified atom stereocenters. The number of anilines is 3. The topological polar surface area (TPSA) is 75.9 Å². The third kappa shape index (κ3) is 3.13. The van der Waals surface area contributed by atoms with Crippen LogP contribution in [0.5, 0.6) is 0 Å². The molecule has 1 aliphatic rings. The molecule has 5 nitrogen and oxygen atoms in total. The second kappa shape index (κ2) is 5.30. The fraction of sp³-hybridized carbons (Fsp3) is 0.231. The van der Waals surface area contributed by atoms with Crippen LogP contribution in [-0.4, -0.2) is 9.97 Å². The van der Waals surface area contributed by atoms with Crippen molar-refractivity contribution in [2.75, 3.05) is 10.7 Å². The third-order valence-corrected chi connectivity index (χ3v) is 3.67. The quantitative estimate of drug-likeness (QED) is 0.440. The van der Waals surface area contributed by atoms with Gasteiger partial charge < -0.3 is 10.7 Å². The second-order valence-corrected chi connectivity index (χ2v) is 5.79. The molecule has 1 aromatic carbocycles. The van der Waals surface area contributed by atoms with Crippen molar-refractivity contribution in [1.82, 2.24) is 9.97 Å². The molecule has 0 atom stereocenters. The molecule has 98 valence electrons. The van der Waals surface area contributed by atoms with Crippen LogP contribution in [0, 0.1) is 3.57 Å². The van der Waals surface area contributed by atoms with E-state index < -0.39 is 0 Å². The van der Waals surface area contributed by atoms with E-state index in [1.54, 1.807) is 0 Å². The first kappa shape index (κ1) is 12.6. The lowest BCUT2D eigenvalue weighted by molar-refractivity contribution is 0.929. The van der Waals surface area contributed by atoms with Gasteiger partial charge in [-0.2, -0.15) is 0 Å². The highest BCUT2D eigenvalue weighted by Gasteiger charge is 2.27. The van der Waals surface area contributed by atoms with Gasteiger partial charge in [-0.15, -0.1) is 0 Å². The molecule has 0 spiro atoms. The number of nitrogen functional groups attached to an aromatic ring is 1. The first-order valence-corrected chi connectivity index (χ1v) is 7.20. The number of rotatable bonds is 4. The van der Waals surface area contributed by atoms with Gasteiger partial charge in [-0.05, 0) is 59.7 Å². The molecule has 4 N–H and O–H groups in total. The predicted molar refractivity (Wildman–Crippen MR) is 84.3 cm³/mol. The summed E-state index contributed by atoms with van der Waals surface area (Å²) in [7, 11) is 0. The number of benzene rings is 1. The Labute approximate surface area is 125 Å². The molecule has 6 heteroatoms. The molecule has 1 fully saturated rings. The first-order valence-electron chi connectivity index (χ1n) is 6.13. The van der Waals surface area contributed by atoms with Gasteiger partial charge in [-0.25, -0.2) is 15.8 Å². The zero-order valence-corrected chi connectivity index (χ0v) is 12.4. The Hall–Kier alpha value is -1.41. The SMILES string of the molecule is NNc1cc(Nc2ccc(I)cc2)nc(C2CC2)n1. The van der Waals surface area contributed by atoms with E-state index in [-0.39, 0.29) is 0 Å². The molecular weight excluding hydrogens is 353 g/mol. The van der Waals surface area contributed by atoms with Gasteiger partial charge in [0.1, 0.15) is 17.5 Å². The summed E-state index contributed by atoms with van der Waals surface area (Å²) in [5.41, 5.74) is 3.60. The van der Waals surface area contributed by atoms with E-state index in [1.165, 1.54) is 3.57 Å². The summed E-state index contributed by atoms with van der Waals surface area (Å²) in [5.74, 6) is 8.22. The number of nitrogens with one attached hydrogen (secondary N) is 2. The van der Waals surface area contributed by atoms with Gasteiger partial charge in [0.15, 0.2) is 0 Å². The maximum atomic E-state index is 5.45. The fourth-order valence-electron chi connectivity index (χ4n) is 1.81. The molecule has 3 rings (SSSR count). The number of nitrogens with two attached hydrogens (primary N) is 1. The Kier molecular flexibility index (Phi) is 3.52. The smallest absolute Gasteiger partial charge is 0.145 e. The minimum atomic E-state index is 0.491. The number of aromatic nitrogens is 2. The molecule has 0 bridgehead atoms. The molecule has 1 aromatic heterocycles. The summed E-state index contributed by atoms with van der Waals surface area (Å²) < 4.78 is 1.20. The van der Waals surface area contributed by atoms with E-state index in [9.17, 15) is 0 Å². The van der Waals surface area contributed by atoms with Crippen molar-refractivity contribution in [3.05, 3.63) is 39.7 Å². The Bertz CT molecular complexity index is 580. The number of hydrazine groups is 1. The lowest BCUT2D eigenvalue weighted by Gasteiger charge is -2.09. The van der Waals surface area contributed by atoms with Crippen LogP contribution in [0.25, 0.3) is 0 Å². The van der Waals surface area contributed by atoms with E-state index in [4.69, 9.17) is 5.84 Å². The summed E-state index contributed by atoms with van der Waals surface area (Å²) in [4.78, 5) is 8.92. The van der Waals surface area contributed by atoms with Crippen LogP contribution in [0.4, 0.5) is 17.3 Å². The summed E-state index contributed by atoms with van der Waals surface area (Å²) in [6, 6.07) is 9.96. The summed E-state index contributed by atoms with van der Waals surface area (Å²) >= 11 is 2.28. The van der Waals surface area contributed by atoms with Crippen molar-refractivity contribution in [3.8, 4) is 0 Å². The van der Waals surface area contributed by atoms with Gasteiger partial charge in [-0.3, -0.25) is 0 Å². The van der Waals surface area contributed by atoms with Crippen LogP contribution in [0.2, 0.25) is 0 Å². The maximum absolute atomic E-state index is 5.45. The van der Waals surface area contributed by atoms with Crippen LogP contribution in [0.1, 0.15) is 24.6 Å². The normalized spacial score (nSPS) is 14.2. The first-order chi connectivity index (χ1) is 9.24. The number of hydrogen-bond donors (Lipinski definition) is 3. The van der Waals surface area contributed by atoms with Gasteiger partial charge >= 0.3 is 0 Å². The highest BCUT2D eigenvalue weighted by Crippen LogP contribution is 2.39. The number of hydrogen-bond acceptors (Lipinski definition) is 5. The van der Waals surface area contributed by atoms with Crippen molar-refractivity contribution in [1.29, 1.82) is 0 Å². The van der Waals surface area contributed by atoms with Gasteiger partial charge in [0.05, 0.1) is 0 Å². The van der Waals surface area contributed by atoms with E-state index in [0.717, 1.165) is 30.2 Å². The van der Waals surface area contributed by atoms with Crippen LogP contribution >= 0.6 is 22.6 Å². The Balaban J connectivity index is 1.86. The summed E-state index contributed by atoms with van der Waals surface area (Å²) in [6.07, 6.45) is 2.33. The molecule has 1 aliphatic carbocycles. The zero-order valence-electron chi connectivity index (χ0n) is 10.2. The van der Waals surface area contributed by atoms with Crippen molar-refractivity contribution in [2.45, 2.75) is 18.8 Å². The summed E-state index contributed by atoms with van der Waals surface area (Å²) in [6.45, 7) is 0. The van der Waals surface area contributed by atoms with Crippen LogP contribution in [0.15, 0.2) is 30.3 Å². The highest BCUT2D eigenvalue weighted by molar-refractivity contribution is 14.1. The van der Waals surface area contributed by atoms with Crippen molar-refractivity contribution in [3.63, 3.8) is 0 Å². The Morgan fingerprint density at radius 1 is 1.11 bits per heavy atom. The molecule has 19 heavy (non-hydrogen) atoms. The fourth-order valence-corrected chi connectivity index (χ4v) is 2.17. The van der Waals surface area contributed by atoms with Gasteiger partial charge in [-0.1, -0.05) is 0 Å². The lowest BCUT2D eigenvalue weighted by atomic mass is 10.3. The molecular formula is C13H14IN5. The predicted octanol–water partition coefficient (Wildman–Crippen LogP) is 2.99. The van der Waals surface area contributed by atoms with Crippen LogP contribution in [-0.2, 0) is 0 Å². The number of halogens is 1. The van der Waals surface area contributed by atoms with E-state index >= 15 is 0 Å². The van der Waals surface area contributed by atoms with Crippen LogP contribution in [0.3, 0.4) is 0 Å². The van der Waals surface area contributed by atoms with E-state index in [1.807, 2.05) is 30.3 Å². The molecule has 1 saturated carbocycles. The highest BCUT2D eigenvalue weighted by atomic mass is 127. The van der Waals surface area contributed by atoms with Gasteiger partial charge in [0, 0.05) is 21.2 Å². The second-order valence-electron chi connectivity index (χ2n) is 4.55. The van der Waals surface area contributed by atoms with Crippen LogP contribution < -0.4 is 16.6 Å². The minimum Gasteiger partial charge on any atom is -0.340 e. The molecule has 1 heterocycles. The van der Waals surface area contributed by atoms with Crippen molar-refractivity contribution < 1.29 is 0 Å². The molecule has 0 aliphatic heterocycles. The summed E-state index contributed by atoms with van der Waals surface area (Å²) in [5, 5.41) is 3.28. The maximum Gasteiger partial charge on any atom is 0.145 e. The number of nitrogens with zero attached hydrogens (tertiary/aromatic N) is 2. The molecule has 0 amide bonds. The average molecular weight is 367 g/mol. The molecule has 2 aromatic rings. The van der Waals surface area contributed by atoms with Gasteiger partial charge in [0.2, 0.25) is 0 Å². The molecule has 0 radical (unpaired) electrons. The minimum absolute atomic E-state index is 0.491. The zero-order chi connectivity index (χ0) is 13.2. The molecule has 0 saturated heterocycles. The van der Waals surface area contributed by atoms with E-state index in [2.05, 4.69) is 43.3 Å². The standard InChI is InChI=1S/C13H14IN5/c14-9-3-5-10(6-4-9)16-11-7-12(19-15)18-13(17-11)8-1-2-8/h3-8H,1-2,15H2,(H2,16,17,18,19). The van der Waals surface area contributed by atoms with E-state index in [0.29, 0.717) is 11.7 Å². The Morgan fingerprint density at radius 2 is 1.79 bits per heavy atom. The average Bonchev–Trinajstić information content (AvgIpc) is 3.25. The van der Waals surface area contributed by atoms with Gasteiger partial charge in [0.25, 0.3) is 0 Å². The van der Waals surface area contributed by atoms with Crippen molar-refractivity contribution in [2.24, 2.45) is 5.84 Å². The lowest BCUT2D eigenvalue weighted by Crippen LogP contribution is -2.11. The largest absolute Gasteiger partial charge is 0.340 e. The monoisotopic (exact) mass is 367 g/mol.